The molecule has 0 spiro atoms. The van der Waals surface area contributed by atoms with E-state index >= 15 is 0 Å². The number of hydrogen-bond acceptors (Lipinski definition) is 8. The third kappa shape index (κ3) is 11.7. The molecular formula is C40H72N2O6. The standard InChI is InChI=1S/C40H72N2O6/c1-37(2)27-33(28-38(3,4)41(37)47-31-21-15-13-16-22-31)45-35(43)25-19-11-9-10-12-20-26-36(44)46-34-29-39(5,6)42(40(7,8)30-34)48-32-23-17-14-18-24-32/h31-34H,9-30H2,1-8H3. The van der Waals surface area contributed by atoms with E-state index < -0.39 is 0 Å². The van der Waals surface area contributed by atoms with Crippen LogP contribution in [0.3, 0.4) is 0 Å². The van der Waals surface area contributed by atoms with Gasteiger partial charge in [0.2, 0.25) is 0 Å². The zero-order valence-corrected chi connectivity index (χ0v) is 32.2. The largest absolute Gasteiger partial charge is 0.462 e. The van der Waals surface area contributed by atoms with E-state index in [-0.39, 0.29) is 46.3 Å². The van der Waals surface area contributed by atoms with E-state index in [9.17, 15) is 9.59 Å². The molecule has 48 heavy (non-hydrogen) atoms. The highest BCUT2D eigenvalue weighted by atomic mass is 16.7. The van der Waals surface area contributed by atoms with E-state index in [2.05, 4.69) is 65.5 Å². The number of nitrogens with zero attached hydrogens (tertiary/aromatic N) is 2. The summed E-state index contributed by atoms with van der Waals surface area (Å²) in [5, 5.41) is 4.44. The second kappa shape index (κ2) is 17.3. The first-order chi connectivity index (χ1) is 22.6. The van der Waals surface area contributed by atoms with Gasteiger partial charge in [0.05, 0.1) is 12.2 Å². The topological polar surface area (TPSA) is 77.5 Å². The van der Waals surface area contributed by atoms with E-state index in [1.807, 2.05) is 0 Å². The van der Waals surface area contributed by atoms with E-state index in [0.717, 1.165) is 89.9 Å². The number of esters is 2. The van der Waals surface area contributed by atoms with Gasteiger partial charge in [-0.15, -0.1) is 0 Å². The number of piperidine rings is 2. The minimum absolute atomic E-state index is 0.0752. The van der Waals surface area contributed by atoms with Crippen molar-refractivity contribution in [3.63, 3.8) is 0 Å². The van der Waals surface area contributed by atoms with E-state index in [0.29, 0.717) is 25.0 Å². The van der Waals surface area contributed by atoms with Crippen molar-refractivity contribution in [3.05, 3.63) is 0 Å². The number of unbranched alkanes of at least 4 members (excludes halogenated alkanes) is 5. The summed E-state index contributed by atoms with van der Waals surface area (Å²) >= 11 is 0. The quantitative estimate of drug-likeness (QED) is 0.125. The molecule has 0 aromatic heterocycles. The first kappa shape index (κ1) is 39.6. The smallest absolute Gasteiger partial charge is 0.306 e. The van der Waals surface area contributed by atoms with Crippen molar-refractivity contribution >= 4 is 11.9 Å². The summed E-state index contributed by atoms with van der Waals surface area (Å²) in [6, 6.07) is 0. The van der Waals surface area contributed by atoms with Gasteiger partial charge in [-0.1, -0.05) is 64.2 Å². The molecule has 2 aliphatic carbocycles. The Bertz CT molecular complexity index is 897. The van der Waals surface area contributed by atoms with Crippen molar-refractivity contribution in [2.45, 2.75) is 243 Å². The Morgan fingerprint density at radius 2 is 0.750 bits per heavy atom. The molecule has 0 radical (unpaired) electrons. The molecule has 0 aromatic rings. The third-order valence-corrected chi connectivity index (χ3v) is 11.3. The fraction of sp³-hybridized carbons (Fsp3) is 0.950. The fourth-order valence-electron chi connectivity index (χ4n) is 9.46. The van der Waals surface area contributed by atoms with Gasteiger partial charge in [0, 0.05) is 60.7 Å². The minimum Gasteiger partial charge on any atom is -0.462 e. The molecule has 0 bridgehead atoms. The molecule has 2 saturated heterocycles. The first-order valence-corrected chi connectivity index (χ1v) is 19.9. The Morgan fingerprint density at radius 3 is 1.06 bits per heavy atom. The Balaban J connectivity index is 1.06. The normalized spacial score (nSPS) is 25.9. The summed E-state index contributed by atoms with van der Waals surface area (Å²) in [6.45, 7) is 17.7. The van der Waals surface area contributed by atoms with Crippen LogP contribution in [0.2, 0.25) is 0 Å². The molecule has 2 heterocycles. The van der Waals surface area contributed by atoms with E-state index in [1.165, 1.54) is 38.5 Å². The maximum atomic E-state index is 12.8. The highest BCUT2D eigenvalue weighted by molar-refractivity contribution is 5.69. The molecule has 2 saturated carbocycles. The lowest BCUT2D eigenvalue weighted by Gasteiger charge is -2.54. The summed E-state index contributed by atoms with van der Waals surface area (Å²) in [7, 11) is 0. The Morgan fingerprint density at radius 1 is 0.458 bits per heavy atom. The molecule has 4 aliphatic rings. The number of carbonyl (C=O) groups excluding carboxylic acids is 2. The van der Waals surface area contributed by atoms with Crippen LogP contribution in [0.25, 0.3) is 0 Å². The van der Waals surface area contributed by atoms with Gasteiger partial charge in [-0.25, -0.2) is 0 Å². The average Bonchev–Trinajstić information content (AvgIpc) is 2.98. The number of hydroxylamine groups is 4. The van der Waals surface area contributed by atoms with Crippen LogP contribution in [0.15, 0.2) is 0 Å². The third-order valence-electron chi connectivity index (χ3n) is 11.3. The van der Waals surface area contributed by atoms with Crippen molar-refractivity contribution in [2.75, 3.05) is 0 Å². The Hall–Kier alpha value is -1.22. The van der Waals surface area contributed by atoms with Crippen LogP contribution in [0.4, 0.5) is 0 Å². The molecule has 0 unspecified atom stereocenters. The number of ether oxygens (including phenoxy) is 2. The van der Waals surface area contributed by atoms with Gasteiger partial charge in [-0.05, 0) is 93.9 Å². The molecule has 0 N–H and O–H groups in total. The maximum Gasteiger partial charge on any atom is 0.306 e. The van der Waals surface area contributed by atoms with Gasteiger partial charge < -0.3 is 9.47 Å². The monoisotopic (exact) mass is 677 g/mol. The molecule has 2 aliphatic heterocycles. The molecule has 278 valence electrons. The number of carbonyl (C=O) groups is 2. The number of hydrogen-bond donors (Lipinski definition) is 0. The van der Waals surface area contributed by atoms with Crippen LogP contribution in [0, 0.1) is 0 Å². The molecular weight excluding hydrogens is 604 g/mol. The van der Waals surface area contributed by atoms with Crippen LogP contribution in [-0.4, -0.2) is 68.6 Å². The summed E-state index contributed by atoms with van der Waals surface area (Å²) in [6.07, 6.45) is 22.7. The van der Waals surface area contributed by atoms with Crippen LogP contribution < -0.4 is 0 Å². The van der Waals surface area contributed by atoms with Crippen molar-refractivity contribution in [2.24, 2.45) is 0 Å². The Labute approximate surface area is 293 Å². The maximum absolute atomic E-state index is 12.8. The fourth-order valence-corrected chi connectivity index (χ4v) is 9.46. The van der Waals surface area contributed by atoms with Gasteiger partial charge in [0.15, 0.2) is 0 Å². The zero-order chi connectivity index (χ0) is 35.0. The molecule has 8 nitrogen and oxygen atoms in total. The van der Waals surface area contributed by atoms with Crippen LogP contribution in [0.1, 0.15) is 197 Å². The van der Waals surface area contributed by atoms with Crippen LogP contribution in [-0.2, 0) is 28.7 Å². The zero-order valence-electron chi connectivity index (χ0n) is 32.2. The SMILES string of the molecule is CC1(C)CC(OC(=O)CCCCCCCCC(=O)OC2CC(C)(C)N(OC3CCCCC3)C(C)(C)C2)CC(C)(C)N1OC1CCCCC1. The lowest BCUT2D eigenvalue weighted by molar-refractivity contribution is -0.318. The minimum atomic E-state index is -0.190. The van der Waals surface area contributed by atoms with Gasteiger partial charge in [0.25, 0.3) is 0 Å². The number of rotatable bonds is 15. The summed E-state index contributed by atoms with van der Waals surface area (Å²) in [5.41, 5.74) is -0.760. The average molecular weight is 677 g/mol. The lowest BCUT2D eigenvalue weighted by Crippen LogP contribution is -2.63. The predicted octanol–water partition coefficient (Wildman–Crippen LogP) is 9.77. The molecule has 0 aromatic carbocycles. The Kier molecular flexibility index (Phi) is 14.3. The van der Waals surface area contributed by atoms with E-state index in [1.54, 1.807) is 0 Å². The summed E-state index contributed by atoms with van der Waals surface area (Å²) in [4.78, 5) is 38.7. The van der Waals surface area contributed by atoms with Gasteiger partial charge in [0.1, 0.15) is 12.2 Å². The second-order valence-electron chi connectivity index (χ2n) is 18.2. The van der Waals surface area contributed by atoms with Crippen molar-refractivity contribution in [3.8, 4) is 0 Å². The first-order valence-electron chi connectivity index (χ1n) is 19.9. The summed E-state index contributed by atoms with van der Waals surface area (Å²) < 4.78 is 12.0. The molecule has 0 atom stereocenters. The lowest BCUT2D eigenvalue weighted by atomic mass is 9.80. The molecule has 4 fully saturated rings. The van der Waals surface area contributed by atoms with Crippen molar-refractivity contribution in [1.29, 1.82) is 0 Å². The van der Waals surface area contributed by atoms with Gasteiger partial charge >= 0.3 is 11.9 Å². The van der Waals surface area contributed by atoms with Crippen LogP contribution >= 0.6 is 0 Å². The van der Waals surface area contributed by atoms with Crippen molar-refractivity contribution < 1.29 is 28.7 Å². The van der Waals surface area contributed by atoms with E-state index in [4.69, 9.17) is 19.1 Å². The molecule has 4 rings (SSSR count). The molecule has 8 heteroatoms. The van der Waals surface area contributed by atoms with Crippen molar-refractivity contribution in [1.82, 2.24) is 10.1 Å². The summed E-state index contributed by atoms with van der Waals surface area (Å²) in [5.74, 6) is -0.150. The highest BCUT2D eigenvalue weighted by Crippen LogP contribution is 2.43. The predicted molar refractivity (Wildman–Crippen MR) is 191 cm³/mol. The van der Waals surface area contributed by atoms with Gasteiger partial charge in [-0.3, -0.25) is 19.3 Å². The highest BCUT2D eigenvalue weighted by Gasteiger charge is 2.50. The van der Waals surface area contributed by atoms with Gasteiger partial charge in [-0.2, -0.15) is 10.1 Å². The van der Waals surface area contributed by atoms with Crippen LogP contribution in [0.5, 0.6) is 0 Å². The molecule has 0 amide bonds. The second-order valence-corrected chi connectivity index (χ2v) is 18.2.